The minimum atomic E-state index is 0.362. The van der Waals surface area contributed by atoms with Gasteiger partial charge in [-0.2, -0.15) is 0 Å². The van der Waals surface area contributed by atoms with Gasteiger partial charge in [0.2, 0.25) is 0 Å². The van der Waals surface area contributed by atoms with Gasteiger partial charge in [0.25, 0.3) is 0 Å². The van der Waals surface area contributed by atoms with Crippen LogP contribution in [-0.4, -0.2) is 11.7 Å². The highest BCUT2D eigenvalue weighted by molar-refractivity contribution is 4.95. The molecule has 0 amide bonds. The molecule has 1 N–H and O–H groups in total. The van der Waals surface area contributed by atoms with Crippen LogP contribution < -0.4 is 0 Å². The summed E-state index contributed by atoms with van der Waals surface area (Å²) in [5.74, 6) is 0.856. The molecule has 1 saturated carbocycles. The third-order valence-corrected chi connectivity index (χ3v) is 2.49. The van der Waals surface area contributed by atoms with Crippen molar-refractivity contribution in [3.63, 3.8) is 0 Å². The molecular weight excluding hydrogens is 100 g/mol. The van der Waals surface area contributed by atoms with Crippen molar-refractivity contribution in [1.29, 1.82) is 0 Å². The van der Waals surface area contributed by atoms with Crippen molar-refractivity contribution in [2.24, 2.45) is 11.3 Å². The summed E-state index contributed by atoms with van der Waals surface area (Å²) in [5.41, 5.74) is 0.509. The second-order valence-electron chi connectivity index (χ2n) is 3.23. The Kier molecular flexibility index (Phi) is 1.31. The summed E-state index contributed by atoms with van der Waals surface area (Å²) in [6.07, 6.45) is 2.31. The first kappa shape index (κ1) is 6.09. The molecule has 0 heterocycles. The fraction of sp³-hybridized carbons (Fsp3) is 1.00. The van der Waals surface area contributed by atoms with Crippen molar-refractivity contribution >= 4 is 0 Å². The highest BCUT2D eigenvalue weighted by Crippen LogP contribution is 2.54. The number of aliphatic hydroxyl groups excluding tert-OH is 1. The van der Waals surface area contributed by atoms with Crippen molar-refractivity contribution in [2.45, 2.75) is 26.7 Å². The van der Waals surface area contributed by atoms with E-state index in [2.05, 4.69) is 13.8 Å². The minimum Gasteiger partial charge on any atom is -0.396 e. The van der Waals surface area contributed by atoms with Gasteiger partial charge in [-0.3, -0.25) is 0 Å². The fourth-order valence-electron chi connectivity index (χ4n) is 1.24. The van der Waals surface area contributed by atoms with Crippen LogP contribution in [0.15, 0.2) is 0 Å². The molecule has 2 atom stereocenters. The Morgan fingerprint density at radius 2 is 2.25 bits per heavy atom. The molecule has 0 bridgehead atoms. The van der Waals surface area contributed by atoms with Crippen LogP contribution in [0, 0.1) is 11.3 Å². The third-order valence-electron chi connectivity index (χ3n) is 2.49. The highest BCUT2D eigenvalue weighted by atomic mass is 16.3. The molecule has 0 aromatic rings. The first-order valence-corrected chi connectivity index (χ1v) is 3.30. The molecule has 48 valence electrons. The Labute approximate surface area is 50.7 Å². The van der Waals surface area contributed by atoms with Gasteiger partial charge < -0.3 is 5.11 Å². The number of hydrogen-bond donors (Lipinski definition) is 1. The Balaban J connectivity index is 2.25. The molecule has 1 aliphatic rings. The summed E-state index contributed by atoms with van der Waals surface area (Å²) in [6.45, 7) is 4.85. The lowest BCUT2D eigenvalue weighted by molar-refractivity contribution is 0.250. The van der Waals surface area contributed by atoms with Crippen molar-refractivity contribution < 1.29 is 5.11 Å². The molecular formula is C7H14O. The smallest absolute Gasteiger partial charge is 0.0436 e. The highest BCUT2D eigenvalue weighted by Gasteiger charge is 2.45. The summed E-state index contributed by atoms with van der Waals surface area (Å²) in [7, 11) is 0. The largest absolute Gasteiger partial charge is 0.396 e. The molecule has 1 aliphatic carbocycles. The van der Waals surface area contributed by atoms with E-state index in [0.29, 0.717) is 12.0 Å². The van der Waals surface area contributed by atoms with Crippen LogP contribution in [0.1, 0.15) is 26.7 Å². The van der Waals surface area contributed by atoms with Crippen LogP contribution in [0.2, 0.25) is 0 Å². The Bertz CT molecular complexity index is 90.4. The summed E-state index contributed by atoms with van der Waals surface area (Å²) in [6, 6.07) is 0. The van der Waals surface area contributed by atoms with Gasteiger partial charge in [0.15, 0.2) is 0 Å². The SMILES string of the molecule is CC1C[C@]1(C)CCO. The van der Waals surface area contributed by atoms with Gasteiger partial charge in [-0.25, -0.2) is 0 Å². The predicted molar refractivity (Wildman–Crippen MR) is 33.6 cm³/mol. The first-order chi connectivity index (χ1) is 3.69. The molecule has 1 heteroatoms. The standard InChI is InChI=1S/C7H14O/c1-6-5-7(6,2)3-4-8/h6,8H,3-5H2,1-2H3/t6?,7-/m0/s1. The molecule has 0 aromatic heterocycles. The van der Waals surface area contributed by atoms with Gasteiger partial charge in [0, 0.05) is 6.61 Å². The maximum absolute atomic E-state index is 8.56. The second-order valence-corrected chi connectivity index (χ2v) is 3.23. The summed E-state index contributed by atoms with van der Waals surface area (Å²) < 4.78 is 0. The Morgan fingerprint density at radius 1 is 1.75 bits per heavy atom. The molecule has 8 heavy (non-hydrogen) atoms. The molecule has 1 fully saturated rings. The lowest BCUT2D eigenvalue weighted by Gasteiger charge is -2.04. The molecule has 0 radical (unpaired) electrons. The maximum atomic E-state index is 8.56. The minimum absolute atomic E-state index is 0.362. The van der Waals surface area contributed by atoms with Gasteiger partial charge in [-0.05, 0) is 24.2 Å². The zero-order valence-corrected chi connectivity index (χ0v) is 5.65. The van der Waals surface area contributed by atoms with Crippen molar-refractivity contribution in [3.05, 3.63) is 0 Å². The average Bonchev–Trinajstić information content (AvgIpc) is 2.16. The monoisotopic (exact) mass is 114 g/mol. The van der Waals surface area contributed by atoms with E-state index in [9.17, 15) is 0 Å². The van der Waals surface area contributed by atoms with Gasteiger partial charge in [0.05, 0.1) is 0 Å². The molecule has 0 aromatic carbocycles. The lowest BCUT2D eigenvalue weighted by atomic mass is 10.0. The topological polar surface area (TPSA) is 20.2 Å². The van der Waals surface area contributed by atoms with Crippen LogP contribution in [0.5, 0.6) is 0 Å². The number of hydrogen-bond acceptors (Lipinski definition) is 1. The van der Waals surface area contributed by atoms with E-state index in [0.717, 1.165) is 12.3 Å². The molecule has 0 aliphatic heterocycles. The van der Waals surface area contributed by atoms with E-state index in [1.807, 2.05) is 0 Å². The van der Waals surface area contributed by atoms with Crippen LogP contribution in [0.25, 0.3) is 0 Å². The first-order valence-electron chi connectivity index (χ1n) is 3.30. The van der Waals surface area contributed by atoms with Gasteiger partial charge in [-0.15, -0.1) is 0 Å². The van der Waals surface area contributed by atoms with E-state index in [1.54, 1.807) is 0 Å². The summed E-state index contributed by atoms with van der Waals surface area (Å²) >= 11 is 0. The van der Waals surface area contributed by atoms with Crippen molar-refractivity contribution in [2.75, 3.05) is 6.61 Å². The maximum Gasteiger partial charge on any atom is 0.0436 e. The zero-order valence-electron chi connectivity index (χ0n) is 5.65. The fourth-order valence-corrected chi connectivity index (χ4v) is 1.24. The van der Waals surface area contributed by atoms with E-state index in [-0.39, 0.29) is 0 Å². The molecule has 1 rings (SSSR count). The van der Waals surface area contributed by atoms with E-state index >= 15 is 0 Å². The lowest BCUT2D eigenvalue weighted by Crippen LogP contribution is -1.98. The number of rotatable bonds is 2. The predicted octanol–water partition coefficient (Wildman–Crippen LogP) is 1.41. The van der Waals surface area contributed by atoms with Crippen LogP contribution >= 0.6 is 0 Å². The van der Waals surface area contributed by atoms with Crippen molar-refractivity contribution in [3.8, 4) is 0 Å². The van der Waals surface area contributed by atoms with E-state index in [1.165, 1.54) is 6.42 Å². The average molecular weight is 114 g/mol. The van der Waals surface area contributed by atoms with Crippen LogP contribution in [-0.2, 0) is 0 Å². The normalized spacial score (nSPS) is 44.6. The Hall–Kier alpha value is -0.0400. The van der Waals surface area contributed by atoms with Crippen molar-refractivity contribution in [1.82, 2.24) is 0 Å². The summed E-state index contributed by atoms with van der Waals surface area (Å²) in [5, 5.41) is 8.56. The zero-order chi connectivity index (χ0) is 6.20. The van der Waals surface area contributed by atoms with E-state index < -0.39 is 0 Å². The molecule has 1 unspecified atom stereocenters. The van der Waals surface area contributed by atoms with Gasteiger partial charge in [0.1, 0.15) is 0 Å². The molecule has 0 saturated heterocycles. The Morgan fingerprint density at radius 3 is 2.38 bits per heavy atom. The number of aliphatic hydroxyl groups is 1. The molecule has 1 nitrogen and oxygen atoms in total. The summed E-state index contributed by atoms with van der Waals surface area (Å²) in [4.78, 5) is 0. The van der Waals surface area contributed by atoms with Gasteiger partial charge in [-0.1, -0.05) is 13.8 Å². The van der Waals surface area contributed by atoms with Crippen LogP contribution in [0.3, 0.4) is 0 Å². The van der Waals surface area contributed by atoms with Crippen LogP contribution in [0.4, 0.5) is 0 Å². The molecule has 0 spiro atoms. The van der Waals surface area contributed by atoms with Gasteiger partial charge >= 0.3 is 0 Å². The third kappa shape index (κ3) is 0.873. The second kappa shape index (κ2) is 1.73. The van der Waals surface area contributed by atoms with E-state index in [4.69, 9.17) is 5.11 Å². The quantitative estimate of drug-likeness (QED) is 0.575.